The zero-order chi connectivity index (χ0) is 20.5. The van der Waals surface area contributed by atoms with Crippen LogP contribution in [0, 0.1) is 10.1 Å². The number of nitrogens with zero attached hydrogens (tertiary/aromatic N) is 1. The number of nitro groups is 1. The summed E-state index contributed by atoms with van der Waals surface area (Å²) in [4.78, 5) is 35.1. The molecule has 1 amide bonds. The smallest absolute Gasteiger partial charge is 0.331 e. The fraction of sp³-hybridized carbons (Fsp3) is 0.100. The minimum absolute atomic E-state index is 0.0526. The molecule has 2 aromatic carbocycles. The molecule has 8 heteroatoms. The van der Waals surface area contributed by atoms with E-state index in [0.29, 0.717) is 5.56 Å². The van der Waals surface area contributed by atoms with Gasteiger partial charge in [0.2, 0.25) is 6.10 Å². The molecular formula is C20H17ClN2O5. The number of carbonyl (C=O) groups excluding carboxylic acids is 2. The zero-order valence-corrected chi connectivity index (χ0v) is 15.6. The monoisotopic (exact) mass is 400 g/mol. The van der Waals surface area contributed by atoms with Crippen molar-refractivity contribution in [3.05, 3.63) is 93.5 Å². The van der Waals surface area contributed by atoms with Crippen LogP contribution in [0.1, 0.15) is 18.6 Å². The van der Waals surface area contributed by atoms with Gasteiger partial charge in [0.1, 0.15) is 5.02 Å². The van der Waals surface area contributed by atoms with Crippen LogP contribution >= 0.6 is 11.6 Å². The molecular weight excluding hydrogens is 384 g/mol. The molecule has 0 heterocycles. The second-order valence-electron chi connectivity index (χ2n) is 5.53. The molecule has 2 aromatic rings. The molecule has 0 spiro atoms. The van der Waals surface area contributed by atoms with Gasteiger partial charge in [0.25, 0.3) is 11.6 Å². The number of rotatable bonds is 7. The first-order valence-corrected chi connectivity index (χ1v) is 8.60. The van der Waals surface area contributed by atoms with E-state index < -0.39 is 22.9 Å². The maximum Gasteiger partial charge on any atom is 0.331 e. The summed E-state index contributed by atoms with van der Waals surface area (Å²) in [7, 11) is 0. The number of nitrogens with one attached hydrogen (secondary N) is 1. The lowest BCUT2D eigenvalue weighted by atomic mass is 10.1. The molecule has 28 heavy (non-hydrogen) atoms. The predicted molar refractivity (Wildman–Crippen MR) is 106 cm³/mol. The zero-order valence-electron chi connectivity index (χ0n) is 14.9. The van der Waals surface area contributed by atoms with E-state index >= 15 is 0 Å². The van der Waals surface area contributed by atoms with Crippen LogP contribution in [0.5, 0.6) is 0 Å². The lowest BCUT2D eigenvalue weighted by Crippen LogP contribution is -2.25. The highest BCUT2D eigenvalue weighted by molar-refractivity contribution is 6.32. The van der Waals surface area contributed by atoms with Gasteiger partial charge in [-0.15, -0.1) is 0 Å². The lowest BCUT2D eigenvalue weighted by molar-refractivity contribution is -0.384. The number of nitro benzene ring substituents is 1. The molecule has 0 unspecified atom stereocenters. The van der Waals surface area contributed by atoms with Crippen LogP contribution in [-0.4, -0.2) is 16.8 Å². The predicted octanol–water partition coefficient (Wildman–Crippen LogP) is 4.60. The lowest BCUT2D eigenvalue weighted by Gasteiger charge is -2.17. The van der Waals surface area contributed by atoms with Crippen LogP contribution in [-0.2, 0) is 14.3 Å². The van der Waals surface area contributed by atoms with Crippen molar-refractivity contribution < 1.29 is 19.2 Å². The molecule has 0 aliphatic heterocycles. The minimum atomic E-state index is -1.24. The number of hydrogen-bond acceptors (Lipinski definition) is 5. The Morgan fingerprint density at radius 3 is 2.54 bits per heavy atom. The number of esters is 1. The summed E-state index contributed by atoms with van der Waals surface area (Å²) in [5.41, 5.74) is 0.265. The SMILES string of the molecule is C/C=C/C=C/C(=O)O[C@H](C(=O)Nc1ccc(Cl)c([N+](=O)[O-])c1)c1ccccc1. The normalized spacial score (nSPS) is 12.1. The largest absolute Gasteiger partial charge is 0.444 e. The molecule has 144 valence electrons. The van der Waals surface area contributed by atoms with Gasteiger partial charge >= 0.3 is 5.97 Å². The van der Waals surface area contributed by atoms with Gasteiger partial charge in [-0.25, -0.2) is 4.79 Å². The molecule has 7 nitrogen and oxygen atoms in total. The highest BCUT2D eigenvalue weighted by Crippen LogP contribution is 2.28. The molecule has 0 saturated carbocycles. The van der Waals surface area contributed by atoms with Crippen molar-refractivity contribution in [3.63, 3.8) is 0 Å². The number of hydrogen-bond donors (Lipinski definition) is 1. The number of allylic oxidation sites excluding steroid dienone is 3. The topological polar surface area (TPSA) is 98.5 Å². The Morgan fingerprint density at radius 1 is 1.18 bits per heavy atom. The van der Waals surface area contributed by atoms with E-state index in [2.05, 4.69) is 5.32 Å². The first-order valence-electron chi connectivity index (χ1n) is 8.22. The van der Waals surface area contributed by atoms with Crippen LogP contribution in [0.25, 0.3) is 0 Å². The summed E-state index contributed by atoms with van der Waals surface area (Å²) < 4.78 is 5.29. The first kappa shape index (κ1) is 20.9. The summed E-state index contributed by atoms with van der Waals surface area (Å²) in [5.74, 6) is -1.36. The second-order valence-corrected chi connectivity index (χ2v) is 5.93. The highest BCUT2D eigenvalue weighted by atomic mass is 35.5. The van der Waals surface area contributed by atoms with E-state index in [1.165, 1.54) is 24.3 Å². The van der Waals surface area contributed by atoms with E-state index in [-0.39, 0.29) is 16.4 Å². The molecule has 0 radical (unpaired) electrons. The number of ether oxygens (including phenoxy) is 1. The molecule has 2 rings (SSSR count). The van der Waals surface area contributed by atoms with Gasteiger partial charge in [-0.1, -0.05) is 60.2 Å². The fourth-order valence-electron chi connectivity index (χ4n) is 2.24. The van der Waals surface area contributed by atoms with E-state index in [1.807, 2.05) is 0 Å². The molecule has 0 saturated heterocycles. The molecule has 0 aliphatic carbocycles. The number of carbonyl (C=O) groups is 2. The summed E-state index contributed by atoms with van der Waals surface area (Å²) in [6, 6.07) is 12.3. The molecule has 0 aliphatic rings. The summed E-state index contributed by atoms with van der Waals surface area (Å²) >= 11 is 5.78. The Labute approximate surface area is 166 Å². The Kier molecular flexibility index (Phi) is 7.47. The highest BCUT2D eigenvalue weighted by Gasteiger charge is 2.25. The minimum Gasteiger partial charge on any atom is -0.444 e. The van der Waals surface area contributed by atoms with E-state index in [1.54, 1.807) is 49.4 Å². The third-order valence-corrected chi connectivity index (χ3v) is 3.84. The number of benzene rings is 2. The van der Waals surface area contributed by atoms with Crippen LogP contribution in [0.4, 0.5) is 11.4 Å². The van der Waals surface area contributed by atoms with Crippen LogP contribution in [0.15, 0.2) is 72.8 Å². The van der Waals surface area contributed by atoms with Gasteiger partial charge in [0, 0.05) is 23.4 Å². The molecule has 0 fully saturated rings. The van der Waals surface area contributed by atoms with Gasteiger partial charge in [-0.2, -0.15) is 0 Å². The van der Waals surface area contributed by atoms with Gasteiger partial charge in [-0.05, 0) is 19.1 Å². The third kappa shape index (κ3) is 5.78. The Hall–Kier alpha value is -3.45. The van der Waals surface area contributed by atoms with Gasteiger partial charge in [0.05, 0.1) is 4.92 Å². The summed E-state index contributed by atoms with van der Waals surface area (Å²) in [6.45, 7) is 1.79. The molecule has 0 bridgehead atoms. The van der Waals surface area contributed by atoms with Crippen LogP contribution in [0.2, 0.25) is 5.02 Å². The average molecular weight is 401 g/mol. The number of amides is 1. The Bertz CT molecular complexity index is 925. The van der Waals surface area contributed by atoms with Crippen molar-refractivity contribution in [1.29, 1.82) is 0 Å². The van der Waals surface area contributed by atoms with Crippen molar-refractivity contribution in [2.24, 2.45) is 0 Å². The van der Waals surface area contributed by atoms with Crippen LogP contribution in [0.3, 0.4) is 0 Å². The molecule has 1 atom stereocenters. The van der Waals surface area contributed by atoms with Crippen LogP contribution < -0.4 is 5.32 Å². The summed E-state index contributed by atoms with van der Waals surface area (Å²) in [5, 5.41) is 13.5. The number of anilines is 1. The van der Waals surface area contributed by atoms with Gasteiger partial charge in [-0.3, -0.25) is 14.9 Å². The third-order valence-electron chi connectivity index (χ3n) is 3.52. The van der Waals surface area contributed by atoms with E-state index in [9.17, 15) is 19.7 Å². The fourth-order valence-corrected chi connectivity index (χ4v) is 2.43. The molecule has 0 aromatic heterocycles. The van der Waals surface area contributed by atoms with Crippen molar-refractivity contribution in [2.45, 2.75) is 13.0 Å². The average Bonchev–Trinajstić information content (AvgIpc) is 2.68. The van der Waals surface area contributed by atoms with E-state index in [0.717, 1.165) is 6.07 Å². The van der Waals surface area contributed by atoms with Crippen molar-refractivity contribution in [2.75, 3.05) is 5.32 Å². The van der Waals surface area contributed by atoms with Gasteiger partial charge in [0.15, 0.2) is 0 Å². The quantitative estimate of drug-likeness (QED) is 0.241. The Morgan fingerprint density at radius 2 is 1.89 bits per heavy atom. The number of halogens is 1. The standard InChI is InChI=1S/C20H17ClN2O5/c1-2-3-5-10-18(24)28-19(14-8-6-4-7-9-14)20(25)22-15-11-12-16(21)17(13-15)23(26)27/h2-13,19H,1H3,(H,22,25)/b3-2+,10-5+/t19-/m0/s1. The van der Waals surface area contributed by atoms with Crippen molar-refractivity contribution in [3.8, 4) is 0 Å². The molecule has 1 N–H and O–H groups in total. The maximum absolute atomic E-state index is 12.7. The van der Waals surface area contributed by atoms with Gasteiger partial charge < -0.3 is 10.1 Å². The second kappa shape index (κ2) is 10.0. The van der Waals surface area contributed by atoms with E-state index in [4.69, 9.17) is 16.3 Å². The summed E-state index contributed by atoms with van der Waals surface area (Å²) in [6.07, 6.45) is 4.82. The van der Waals surface area contributed by atoms with Crippen molar-refractivity contribution >= 4 is 34.9 Å². The first-order chi connectivity index (χ1) is 13.4. The van der Waals surface area contributed by atoms with Crippen molar-refractivity contribution in [1.82, 2.24) is 0 Å². The Balaban J connectivity index is 2.25. The maximum atomic E-state index is 12.7.